The lowest BCUT2D eigenvalue weighted by Crippen LogP contribution is -2.35. The van der Waals surface area contributed by atoms with E-state index in [4.69, 9.17) is 0 Å². The van der Waals surface area contributed by atoms with E-state index in [1.807, 2.05) is 20.8 Å². The molecular weight excluding hydrogens is 243 g/mol. The van der Waals surface area contributed by atoms with Gasteiger partial charge in [-0.25, -0.2) is 4.39 Å². The molecule has 3 nitrogen and oxygen atoms in total. The Balaban J connectivity index is 2.66. The highest BCUT2D eigenvalue weighted by Crippen LogP contribution is 2.22. The minimum absolute atomic E-state index is 0.0587. The first kappa shape index (κ1) is 12.0. The highest BCUT2D eigenvalue weighted by molar-refractivity contribution is 5.79. The van der Waals surface area contributed by atoms with Gasteiger partial charge in [0.15, 0.2) is 0 Å². The normalized spacial score (nSPS) is 12.4. The Hall–Kier alpha value is -2.10. The van der Waals surface area contributed by atoms with E-state index in [2.05, 4.69) is 0 Å². The Labute approximate surface area is 109 Å². The topological polar surface area (TPSA) is 26.4 Å². The van der Waals surface area contributed by atoms with Crippen molar-refractivity contribution in [3.8, 4) is 0 Å². The highest BCUT2D eigenvalue weighted by Gasteiger charge is 2.20. The van der Waals surface area contributed by atoms with Gasteiger partial charge in [-0.2, -0.15) is 0 Å². The number of fused-ring (bicyclic) bond motifs is 3. The zero-order chi connectivity index (χ0) is 13.8. The van der Waals surface area contributed by atoms with E-state index in [0.717, 1.165) is 5.52 Å². The molecule has 0 unspecified atom stereocenters. The summed E-state index contributed by atoms with van der Waals surface area (Å²) >= 11 is 0. The minimum Gasteiger partial charge on any atom is -0.310 e. The first-order valence-electron chi connectivity index (χ1n) is 6.21. The first-order valence-corrected chi connectivity index (χ1v) is 6.21. The molecule has 0 fully saturated rings. The third-order valence-electron chi connectivity index (χ3n) is 3.28. The van der Waals surface area contributed by atoms with E-state index < -0.39 is 0 Å². The number of benzene rings is 1. The zero-order valence-electron chi connectivity index (χ0n) is 11.1. The lowest BCUT2D eigenvalue weighted by molar-refractivity contribution is 0.399. The zero-order valence-corrected chi connectivity index (χ0v) is 11.1. The lowest BCUT2D eigenvalue weighted by Gasteiger charge is -2.25. The molecule has 0 aliphatic carbocycles. The molecule has 0 aliphatic heterocycles. The van der Waals surface area contributed by atoms with Crippen LogP contribution in [0.4, 0.5) is 4.39 Å². The van der Waals surface area contributed by atoms with Crippen LogP contribution in [0.25, 0.3) is 16.6 Å². The van der Waals surface area contributed by atoms with Gasteiger partial charge in [0, 0.05) is 11.7 Å². The third kappa shape index (κ3) is 1.67. The summed E-state index contributed by atoms with van der Waals surface area (Å²) in [6.07, 6.45) is 1.78. The van der Waals surface area contributed by atoms with E-state index in [9.17, 15) is 9.18 Å². The smallest absolute Gasteiger partial charge is 0.275 e. The molecule has 19 heavy (non-hydrogen) atoms. The molecule has 0 N–H and O–H groups in total. The maximum atomic E-state index is 13.5. The third-order valence-corrected chi connectivity index (χ3v) is 3.28. The summed E-state index contributed by atoms with van der Waals surface area (Å²) in [4.78, 5) is 12.6. The molecule has 0 amide bonds. The molecule has 0 bridgehead atoms. The van der Waals surface area contributed by atoms with E-state index in [0.29, 0.717) is 11.0 Å². The van der Waals surface area contributed by atoms with Crippen molar-refractivity contribution in [3.05, 3.63) is 52.7 Å². The van der Waals surface area contributed by atoms with Gasteiger partial charge in [-0.15, -0.1) is 0 Å². The monoisotopic (exact) mass is 258 g/mol. The molecule has 2 heterocycles. The van der Waals surface area contributed by atoms with Crippen molar-refractivity contribution in [2.75, 3.05) is 0 Å². The van der Waals surface area contributed by atoms with E-state index >= 15 is 0 Å². The fourth-order valence-electron chi connectivity index (χ4n) is 2.53. The van der Waals surface area contributed by atoms with Gasteiger partial charge in [-0.1, -0.05) is 0 Å². The van der Waals surface area contributed by atoms with Crippen LogP contribution in [0, 0.1) is 5.82 Å². The molecule has 1 aromatic carbocycles. The van der Waals surface area contributed by atoms with Crippen LogP contribution in [0.5, 0.6) is 0 Å². The highest BCUT2D eigenvalue weighted by atomic mass is 19.1. The lowest BCUT2D eigenvalue weighted by atomic mass is 10.1. The average molecular weight is 258 g/mol. The number of hydrogen-bond acceptors (Lipinski definition) is 1. The van der Waals surface area contributed by atoms with E-state index in [1.54, 1.807) is 33.4 Å². The Morgan fingerprint density at radius 3 is 2.47 bits per heavy atom. The summed E-state index contributed by atoms with van der Waals surface area (Å²) in [5.74, 6) is -0.304. The molecule has 0 saturated carbocycles. The molecule has 0 aliphatic rings. The Kier molecular flexibility index (Phi) is 2.33. The molecule has 3 rings (SSSR count). The largest absolute Gasteiger partial charge is 0.310 e. The van der Waals surface area contributed by atoms with Crippen molar-refractivity contribution in [1.82, 2.24) is 8.97 Å². The van der Waals surface area contributed by atoms with Gasteiger partial charge >= 0.3 is 0 Å². The van der Waals surface area contributed by atoms with Crippen molar-refractivity contribution in [1.29, 1.82) is 0 Å². The van der Waals surface area contributed by atoms with Crippen LogP contribution in [0.1, 0.15) is 20.8 Å². The second kappa shape index (κ2) is 3.70. The fraction of sp³-hybridized carbons (Fsp3) is 0.267. The molecule has 0 atom stereocenters. The Bertz CT molecular complexity index is 837. The second-order valence-corrected chi connectivity index (χ2v) is 5.71. The standard InChI is InChI=1S/C15H15FN2O/c1-15(2,3)18-11-7-6-10(16)9-13(11)17-8-4-5-12(17)14(18)19/h4-9H,1-3H3. The predicted octanol–water partition coefficient (Wildman–Crippen LogP) is 3.15. The van der Waals surface area contributed by atoms with Crippen LogP contribution in [0.15, 0.2) is 41.3 Å². The van der Waals surface area contributed by atoms with Crippen molar-refractivity contribution < 1.29 is 4.39 Å². The van der Waals surface area contributed by atoms with Crippen molar-refractivity contribution in [2.45, 2.75) is 26.3 Å². The summed E-state index contributed by atoms with van der Waals surface area (Å²) in [5, 5.41) is 0. The fourth-order valence-corrected chi connectivity index (χ4v) is 2.53. The minimum atomic E-state index is -0.362. The van der Waals surface area contributed by atoms with Gasteiger partial charge in [0.25, 0.3) is 5.56 Å². The summed E-state index contributed by atoms with van der Waals surface area (Å²) in [7, 11) is 0. The molecule has 4 heteroatoms. The van der Waals surface area contributed by atoms with Crippen LogP contribution < -0.4 is 5.56 Å². The molecule has 2 aromatic heterocycles. The van der Waals surface area contributed by atoms with Crippen molar-refractivity contribution in [3.63, 3.8) is 0 Å². The van der Waals surface area contributed by atoms with Gasteiger partial charge in [0.05, 0.1) is 11.0 Å². The summed E-state index contributed by atoms with van der Waals surface area (Å²) in [5.41, 5.74) is 1.58. The van der Waals surface area contributed by atoms with Gasteiger partial charge in [0.2, 0.25) is 0 Å². The molecule has 0 saturated heterocycles. The number of nitrogens with zero attached hydrogens (tertiary/aromatic N) is 2. The summed E-state index contributed by atoms with van der Waals surface area (Å²) in [6.45, 7) is 5.91. The Morgan fingerprint density at radius 1 is 1.05 bits per heavy atom. The maximum absolute atomic E-state index is 13.5. The van der Waals surface area contributed by atoms with Crippen molar-refractivity contribution in [2.24, 2.45) is 0 Å². The number of rotatable bonds is 0. The second-order valence-electron chi connectivity index (χ2n) is 5.71. The maximum Gasteiger partial charge on any atom is 0.275 e. The van der Waals surface area contributed by atoms with Gasteiger partial charge in [-0.3, -0.25) is 9.36 Å². The van der Waals surface area contributed by atoms with E-state index in [1.165, 1.54) is 12.1 Å². The van der Waals surface area contributed by atoms with Crippen LogP contribution >= 0.6 is 0 Å². The quantitative estimate of drug-likeness (QED) is 0.608. The molecule has 3 aromatic rings. The van der Waals surface area contributed by atoms with Gasteiger partial charge in [-0.05, 0) is 51.1 Å². The molecule has 0 radical (unpaired) electrons. The summed E-state index contributed by atoms with van der Waals surface area (Å²) < 4.78 is 17.0. The number of hydrogen-bond donors (Lipinski definition) is 0. The Morgan fingerprint density at radius 2 is 1.79 bits per heavy atom. The SMILES string of the molecule is CC(C)(C)n1c(=O)c2cccn2c2cc(F)ccc21. The summed E-state index contributed by atoms with van der Waals surface area (Å²) in [6, 6.07) is 8.07. The number of aromatic nitrogens is 2. The van der Waals surface area contributed by atoms with Gasteiger partial charge in [0.1, 0.15) is 11.3 Å². The van der Waals surface area contributed by atoms with Gasteiger partial charge < -0.3 is 4.40 Å². The van der Waals surface area contributed by atoms with Crippen LogP contribution in [0.2, 0.25) is 0 Å². The molecule has 0 spiro atoms. The number of halogens is 1. The predicted molar refractivity (Wildman–Crippen MR) is 74.1 cm³/mol. The molecule has 98 valence electrons. The molecular formula is C15H15FN2O. The van der Waals surface area contributed by atoms with Crippen LogP contribution in [0.3, 0.4) is 0 Å². The van der Waals surface area contributed by atoms with Crippen molar-refractivity contribution >= 4 is 16.6 Å². The average Bonchev–Trinajstić information content (AvgIpc) is 2.78. The first-order chi connectivity index (χ1) is 8.89. The van der Waals surface area contributed by atoms with Crippen LogP contribution in [-0.4, -0.2) is 8.97 Å². The van der Waals surface area contributed by atoms with Crippen LogP contribution in [-0.2, 0) is 5.54 Å². The van der Waals surface area contributed by atoms with E-state index in [-0.39, 0.29) is 16.9 Å².